The molecule has 13 heteroatoms. The monoisotopic (exact) mass is 739 g/mol. The number of aliphatic hydroxyl groups is 1. The van der Waals surface area contributed by atoms with Gasteiger partial charge in [-0.3, -0.25) is 4.79 Å². The van der Waals surface area contributed by atoms with Gasteiger partial charge in [-0.1, -0.05) is 43.3 Å². The maximum absolute atomic E-state index is 14.5. The van der Waals surface area contributed by atoms with Crippen molar-refractivity contribution in [3.8, 4) is 17.2 Å². The Labute approximate surface area is 315 Å². The van der Waals surface area contributed by atoms with E-state index < -0.39 is 18.2 Å². The Morgan fingerprint density at radius 3 is 2.43 bits per heavy atom. The number of aliphatic hydroxyl groups excluding tert-OH is 1. The number of urea groups is 2. The molecule has 2 heterocycles. The third-order valence-corrected chi connectivity index (χ3v) is 9.77. The number of carbonyl (C=O) groups is 3. The van der Waals surface area contributed by atoms with Crippen molar-refractivity contribution >= 4 is 45.8 Å². The topological polar surface area (TPSA) is 151 Å². The SMILES string of the molecule is C[C@@H]1CCCCO[C@H](CN(C)C(=O)Nc2cccc3ccccc23)[C@H](C)CN([C@@H](C)CO)C(=O)c2cc(NC(=O)Nc3ccc4c(c3)OCO4)ccc2O1. The highest BCUT2D eigenvalue weighted by Crippen LogP contribution is 2.34. The van der Waals surface area contributed by atoms with E-state index in [0.29, 0.717) is 40.9 Å². The van der Waals surface area contributed by atoms with Crippen molar-refractivity contribution in [3.05, 3.63) is 84.4 Å². The standard InChI is InChI=1S/C41H49N5O8/c1-26-22-46(27(2)24-47)39(48)33-20-30(42-40(49)43-31-16-18-36-37(21-31)53-25-52-36)15-17-35(33)54-28(3)10-7-8-19-51-38(26)23-45(4)41(50)44-34-14-9-12-29-11-5-6-13-32(29)34/h5-6,9,11-18,20-21,26-28,38,47H,7-8,10,19,22-25H2,1-4H3,(H,44,50)(H2,42,43,49)/t26-,27+,28-,38-/m1/s1. The number of nitrogens with zero attached hydrogens (tertiary/aromatic N) is 2. The third kappa shape index (κ3) is 9.33. The summed E-state index contributed by atoms with van der Waals surface area (Å²) in [7, 11) is 1.73. The van der Waals surface area contributed by atoms with Crippen LogP contribution >= 0.6 is 0 Å². The van der Waals surface area contributed by atoms with Crippen LogP contribution in [0.2, 0.25) is 0 Å². The molecule has 4 atom stereocenters. The van der Waals surface area contributed by atoms with Crippen LogP contribution in [0.4, 0.5) is 26.7 Å². The van der Waals surface area contributed by atoms with Crippen molar-refractivity contribution < 1.29 is 38.4 Å². The number of amides is 5. The van der Waals surface area contributed by atoms with Crippen LogP contribution in [0.25, 0.3) is 10.8 Å². The molecule has 0 aromatic heterocycles. The molecular weight excluding hydrogens is 690 g/mol. The average molecular weight is 740 g/mol. The van der Waals surface area contributed by atoms with Crippen LogP contribution in [0.15, 0.2) is 78.9 Å². The molecule has 2 aliphatic rings. The second kappa shape index (κ2) is 17.5. The van der Waals surface area contributed by atoms with Crippen molar-refractivity contribution in [1.29, 1.82) is 0 Å². The number of anilines is 3. The molecule has 4 N–H and O–H groups in total. The van der Waals surface area contributed by atoms with Crippen LogP contribution < -0.4 is 30.2 Å². The molecule has 0 unspecified atom stereocenters. The molecule has 6 rings (SSSR count). The Morgan fingerprint density at radius 1 is 0.907 bits per heavy atom. The Kier molecular flexibility index (Phi) is 12.4. The Morgan fingerprint density at radius 2 is 1.63 bits per heavy atom. The van der Waals surface area contributed by atoms with Gasteiger partial charge in [-0.05, 0) is 74.9 Å². The van der Waals surface area contributed by atoms with E-state index in [0.717, 1.165) is 30.0 Å². The lowest BCUT2D eigenvalue weighted by Gasteiger charge is -2.35. The van der Waals surface area contributed by atoms with Gasteiger partial charge in [0.05, 0.1) is 36.1 Å². The molecule has 0 bridgehead atoms. The van der Waals surface area contributed by atoms with Crippen LogP contribution in [0.3, 0.4) is 0 Å². The Balaban J connectivity index is 1.20. The highest BCUT2D eigenvalue weighted by atomic mass is 16.7. The fraction of sp³-hybridized carbons (Fsp3) is 0.390. The van der Waals surface area contributed by atoms with Crippen LogP contribution in [-0.2, 0) is 4.74 Å². The van der Waals surface area contributed by atoms with Crippen molar-refractivity contribution in [2.24, 2.45) is 5.92 Å². The summed E-state index contributed by atoms with van der Waals surface area (Å²) >= 11 is 0. The summed E-state index contributed by atoms with van der Waals surface area (Å²) in [5.74, 6) is 0.903. The van der Waals surface area contributed by atoms with E-state index in [4.69, 9.17) is 18.9 Å². The number of hydrogen-bond donors (Lipinski definition) is 4. The van der Waals surface area contributed by atoms with Crippen LogP contribution in [0, 0.1) is 5.92 Å². The predicted octanol–water partition coefficient (Wildman–Crippen LogP) is 7.17. The van der Waals surface area contributed by atoms with Gasteiger partial charge >= 0.3 is 12.1 Å². The minimum atomic E-state index is -0.558. The van der Waals surface area contributed by atoms with Gasteiger partial charge in [0.15, 0.2) is 11.5 Å². The first-order chi connectivity index (χ1) is 26.1. The van der Waals surface area contributed by atoms with Crippen LogP contribution in [0.1, 0.15) is 50.4 Å². The first-order valence-corrected chi connectivity index (χ1v) is 18.4. The fourth-order valence-corrected chi connectivity index (χ4v) is 6.63. The molecular formula is C41H49N5O8. The highest BCUT2D eigenvalue weighted by Gasteiger charge is 2.31. The van der Waals surface area contributed by atoms with Crippen molar-refractivity contribution in [2.45, 2.75) is 58.3 Å². The molecule has 5 amide bonds. The van der Waals surface area contributed by atoms with Gasteiger partial charge in [0.25, 0.3) is 5.91 Å². The van der Waals surface area contributed by atoms with Gasteiger partial charge in [-0.15, -0.1) is 0 Å². The molecule has 13 nitrogen and oxygen atoms in total. The fourth-order valence-electron chi connectivity index (χ4n) is 6.63. The van der Waals surface area contributed by atoms with Crippen LogP contribution in [0.5, 0.6) is 17.2 Å². The molecule has 0 spiro atoms. The molecule has 4 aromatic rings. The van der Waals surface area contributed by atoms with Crippen LogP contribution in [-0.4, -0.2) is 91.3 Å². The van der Waals surface area contributed by atoms with Crippen molar-refractivity contribution in [2.75, 3.05) is 56.1 Å². The highest BCUT2D eigenvalue weighted by molar-refractivity contribution is 6.03. The lowest BCUT2D eigenvalue weighted by Crippen LogP contribution is -2.48. The first-order valence-electron chi connectivity index (χ1n) is 18.4. The minimum Gasteiger partial charge on any atom is -0.490 e. The second-order valence-corrected chi connectivity index (χ2v) is 14.0. The van der Waals surface area contributed by atoms with Gasteiger partial charge < -0.3 is 49.8 Å². The number of rotatable bonds is 7. The van der Waals surface area contributed by atoms with E-state index in [1.54, 1.807) is 60.2 Å². The first kappa shape index (κ1) is 38.2. The maximum atomic E-state index is 14.5. The number of carbonyl (C=O) groups excluding carboxylic acids is 3. The summed E-state index contributed by atoms with van der Waals surface area (Å²) in [6.45, 7) is 6.52. The summed E-state index contributed by atoms with van der Waals surface area (Å²) in [4.78, 5) is 44.3. The number of likely N-dealkylation sites (N-methyl/N-ethyl adjacent to an activating group) is 1. The summed E-state index contributed by atoms with van der Waals surface area (Å²) in [5, 5.41) is 20.9. The van der Waals surface area contributed by atoms with Gasteiger partial charge in [0.1, 0.15) is 5.75 Å². The molecule has 0 aliphatic carbocycles. The number of fused-ring (bicyclic) bond motifs is 3. The van der Waals surface area contributed by atoms with Crippen molar-refractivity contribution in [3.63, 3.8) is 0 Å². The normalized spacial score (nSPS) is 19.5. The van der Waals surface area contributed by atoms with E-state index in [1.807, 2.05) is 56.3 Å². The molecule has 54 heavy (non-hydrogen) atoms. The Bertz CT molecular complexity index is 1950. The van der Waals surface area contributed by atoms with E-state index >= 15 is 0 Å². The lowest BCUT2D eigenvalue weighted by molar-refractivity contribution is -0.0115. The summed E-state index contributed by atoms with van der Waals surface area (Å²) < 4.78 is 23.5. The molecule has 2 aliphatic heterocycles. The molecule has 0 radical (unpaired) electrons. The quantitative estimate of drug-likeness (QED) is 0.156. The summed E-state index contributed by atoms with van der Waals surface area (Å²) in [6, 6.07) is 22.4. The van der Waals surface area contributed by atoms with E-state index in [-0.39, 0.29) is 56.0 Å². The number of hydrogen-bond acceptors (Lipinski definition) is 8. The summed E-state index contributed by atoms with van der Waals surface area (Å²) in [5.41, 5.74) is 1.85. The zero-order valence-electron chi connectivity index (χ0n) is 31.2. The van der Waals surface area contributed by atoms with Gasteiger partial charge in [0, 0.05) is 55.5 Å². The zero-order chi connectivity index (χ0) is 38.2. The summed E-state index contributed by atoms with van der Waals surface area (Å²) in [6.07, 6.45) is 1.70. The predicted molar refractivity (Wildman–Crippen MR) is 208 cm³/mol. The lowest BCUT2D eigenvalue weighted by atomic mass is 10.0. The minimum absolute atomic E-state index is 0.119. The molecule has 286 valence electrons. The van der Waals surface area contributed by atoms with E-state index in [9.17, 15) is 19.5 Å². The van der Waals surface area contributed by atoms with E-state index in [1.165, 1.54) is 0 Å². The smallest absolute Gasteiger partial charge is 0.323 e. The van der Waals surface area contributed by atoms with Gasteiger partial charge in [0.2, 0.25) is 6.79 Å². The molecule has 4 aromatic carbocycles. The van der Waals surface area contributed by atoms with Gasteiger partial charge in [-0.25, -0.2) is 9.59 Å². The molecule has 0 saturated carbocycles. The van der Waals surface area contributed by atoms with Crippen molar-refractivity contribution in [1.82, 2.24) is 9.80 Å². The number of ether oxygens (including phenoxy) is 4. The van der Waals surface area contributed by atoms with Gasteiger partial charge in [-0.2, -0.15) is 0 Å². The van der Waals surface area contributed by atoms with E-state index in [2.05, 4.69) is 16.0 Å². The number of nitrogens with one attached hydrogen (secondary N) is 3. The third-order valence-electron chi connectivity index (χ3n) is 9.77. The zero-order valence-corrected chi connectivity index (χ0v) is 31.2. The second-order valence-electron chi connectivity index (χ2n) is 14.0. The number of benzene rings is 4. The average Bonchev–Trinajstić information content (AvgIpc) is 3.64. The molecule has 0 fully saturated rings. The Hall–Kier alpha value is -5.53. The molecule has 0 saturated heterocycles. The largest absolute Gasteiger partial charge is 0.490 e. The maximum Gasteiger partial charge on any atom is 0.323 e.